The topological polar surface area (TPSA) is 113 Å². The van der Waals surface area contributed by atoms with Crippen LogP contribution in [-0.4, -0.2) is 55.1 Å². The smallest absolute Gasteiger partial charge is 0.293 e. The largest absolute Gasteiger partial charge is 0.337 e. The molecule has 1 saturated heterocycles. The molecule has 10 heteroatoms. The summed E-state index contributed by atoms with van der Waals surface area (Å²) in [6.45, 7) is 5.01. The molecule has 228 valence electrons. The van der Waals surface area contributed by atoms with E-state index < -0.39 is 10.8 Å². The molecule has 2 heterocycles. The van der Waals surface area contributed by atoms with Crippen LogP contribution in [0.2, 0.25) is 0 Å². The molecule has 0 radical (unpaired) electrons. The molecule has 1 fully saturated rings. The minimum absolute atomic E-state index is 0.101. The van der Waals surface area contributed by atoms with Crippen molar-refractivity contribution < 1.29 is 13.8 Å². The predicted molar refractivity (Wildman–Crippen MR) is 176 cm³/mol. The Kier molecular flexibility index (Phi) is 9.69. The summed E-state index contributed by atoms with van der Waals surface area (Å²) in [5.74, 6) is 0.874. The first-order valence-electron chi connectivity index (χ1n) is 14.8. The van der Waals surface area contributed by atoms with E-state index in [9.17, 15) is 18.6 Å². The average Bonchev–Trinajstić information content (AvgIpc) is 3.03. The van der Waals surface area contributed by atoms with Crippen molar-refractivity contribution in [2.24, 2.45) is 7.05 Å². The fraction of sp³-hybridized carbons (Fsp3) is 0.294. The number of unbranched alkanes of at least 4 members (excludes halogenated alkanes) is 1. The SMILES string of the molecule is CCCCc1ccccc1C(=O)Nc1cccc(-c2cn(C)c(=O)c(Nc3ccc(C(=O)N4CCS(=O)CC4)cc3)n2)c1C. The Morgan fingerprint density at radius 1 is 0.977 bits per heavy atom. The molecule has 0 aliphatic carbocycles. The number of carbonyl (C=O) groups is 2. The van der Waals surface area contributed by atoms with Crippen molar-refractivity contribution >= 4 is 39.8 Å². The molecule has 1 aliphatic heterocycles. The summed E-state index contributed by atoms with van der Waals surface area (Å²) in [6, 6.07) is 20.2. The van der Waals surface area contributed by atoms with Crippen LogP contribution in [0.4, 0.5) is 17.2 Å². The van der Waals surface area contributed by atoms with Gasteiger partial charge in [-0.2, -0.15) is 0 Å². The summed E-state index contributed by atoms with van der Waals surface area (Å²) < 4.78 is 13.1. The monoisotopic (exact) mass is 611 g/mol. The number of nitrogens with zero attached hydrogens (tertiary/aromatic N) is 3. The second-order valence-electron chi connectivity index (χ2n) is 10.9. The lowest BCUT2D eigenvalue weighted by Crippen LogP contribution is -2.41. The van der Waals surface area contributed by atoms with E-state index in [1.807, 2.05) is 49.4 Å². The number of rotatable bonds is 9. The van der Waals surface area contributed by atoms with E-state index >= 15 is 0 Å². The van der Waals surface area contributed by atoms with E-state index in [1.165, 1.54) is 4.57 Å². The fourth-order valence-corrected chi connectivity index (χ4v) is 6.29. The van der Waals surface area contributed by atoms with Gasteiger partial charge in [0.15, 0.2) is 5.82 Å². The Morgan fingerprint density at radius 2 is 1.70 bits per heavy atom. The van der Waals surface area contributed by atoms with Crippen molar-refractivity contribution in [3.05, 3.63) is 106 Å². The van der Waals surface area contributed by atoms with Gasteiger partial charge in [-0.3, -0.25) is 18.6 Å². The van der Waals surface area contributed by atoms with Gasteiger partial charge in [0.1, 0.15) is 0 Å². The van der Waals surface area contributed by atoms with Crippen LogP contribution in [0.25, 0.3) is 11.3 Å². The Balaban J connectivity index is 1.36. The highest BCUT2D eigenvalue weighted by Gasteiger charge is 2.21. The van der Waals surface area contributed by atoms with E-state index in [4.69, 9.17) is 0 Å². The van der Waals surface area contributed by atoms with Crippen molar-refractivity contribution in [3.8, 4) is 11.3 Å². The first kappa shape index (κ1) is 30.9. The third kappa shape index (κ3) is 6.97. The lowest BCUT2D eigenvalue weighted by Gasteiger charge is -2.26. The zero-order valence-corrected chi connectivity index (χ0v) is 26.1. The van der Waals surface area contributed by atoms with Crippen LogP contribution >= 0.6 is 0 Å². The molecule has 0 spiro atoms. The van der Waals surface area contributed by atoms with Gasteiger partial charge in [0, 0.05) is 76.7 Å². The molecule has 4 aromatic rings. The molecule has 2 N–H and O–H groups in total. The predicted octanol–water partition coefficient (Wildman–Crippen LogP) is 5.30. The van der Waals surface area contributed by atoms with Crippen molar-refractivity contribution in [2.45, 2.75) is 33.1 Å². The summed E-state index contributed by atoms with van der Waals surface area (Å²) in [4.78, 5) is 45.6. The maximum absolute atomic E-state index is 13.3. The van der Waals surface area contributed by atoms with Crippen molar-refractivity contribution in [3.63, 3.8) is 0 Å². The van der Waals surface area contributed by atoms with Gasteiger partial charge in [0.05, 0.1) is 5.69 Å². The minimum Gasteiger partial charge on any atom is -0.337 e. The van der Waals surface area contributed by atoms with E-state index in [0.717, 1.165) is 36.0 Å². The Bertz CT molecular complexity index is 1760. The van der Waals surface area contributed by atoms with Crippen LogP contribution in [0.5, 0.6) is 0 Å². The highest BCUT2D eigenvalue weighted by Crippen LogP contribution is 2.29. The normalized spacial score (nSPS) is 13.5. The molecule has 5 rings (SSSR count). The van der Waals surface area contributed by atoms with Gasteiger partial charge in [-0.15, -0.1) is 0 Å². The van der Waals surface area contributed by atoms with Crippen LogP contribution in [0.1, 0.15) is 51.6 Å². The molecular formula is C34H37N5O4S. The van der Waals surface area contributed by atoms with Crippen molar-refractivity contribution in [1.82, 2.24) is 14.5 Å². The Hall–Kier alpha value is -4.57. The van der Waals surface area contributed by atoms with E-state index in [0.29, 0.717) is 52.8 Å². The summed E-state index contributed by atoms with van der Waals surface area (Å²) in [5.41, 5.74) is 5.38. The lowest BCUT2D eigenvalue weighted by molar-refractivity contribution is 0.0771. The lowest BCUT2D eigenvalue weighted by atomic mass is 10.0. The van der Waals surface area contributed by atoms with Gasteiger partial charge in [-0.1, -0.05) is 43.7 Å². The molecule has 1 aliphatic rings. The number of benzene rings is 3. The number of hydrogen-bond acceptors (Lipinski definition) is 6. The highest BCUT2D eigenvalue weighted by molar-refractivity contribution is 7.85. The fourth-order valence-electron chi connectivity index (χ4n) is 5.24. The molecule has 0 bridgehead atoms. The number of hydrogen-bond donors (Lipinski definition) is 2. The van der Waals surface area contributed by atoms with Crippen molar-refractivity contribution in [2.75, 3.05) is 35.2 Å². The van der Waals surface area contributed by atoms with Gasteiger partial charge in [-0.25, -0.2) is 4.98 Å². The van der Waals surface area contributed by atoms with E-state index in [1.54, 1.807) is 42.4 Å². The number of aryl methyl sites for hydroxylation is 2. The van der Waals surface area contributed by atoms with Crippen LogP contribution in [-0.2, 0) is 24.3 Å². The second kappa shape index (κ2) is 13.8. The zero-order valence-electron chi connectivity index (χ0n) is 25.3. The van der Waals surface area contributed by atoms with E-state index in [2.05, 4.69) is 22.5 Å². The molecule has 1 aromatic heterocycles. The summed E-state index contributed by atoms with van der Waals surface area (Å²) in [5, 5.41) is 6.18. The molecule has 2 amide bonds. The number of carbonyl (C=O) groups excluding carboxylic acids is 2. The van der Waals surface area contributed by atoms with Gasteiger partial charge < -0.3 is 20.1 Å². The third-order valence-corrected chi connectivity index (χ3v) is 9.13. The van der Waals surface area contributed by atoms with Crippen LogP contribution in [0.15, 0.2) is 77.7 Å². The first-order chi connectivity index (χ1) is 21.2. The standard InChI is InChI=1S/C34H37N5O4S/c1-4-5-9-24-10-6-7-11-28(24)32(40)37-29-13-8-12-27(23(29)2)30-22-38(3)34(42)31(36-30)35-26-16-14-25(15-17-26)33(41)39-18-20-44(43)21-19-39/h6-8,10-17,22H,4-5,9,18-21H2,1-3H3,(H,35,36)(H,37,40). The molecule has 44 heavy (non-hydrogen) atoms. The number of anilines is 3. The van der Waals surface area contributed by atoms with E-state index in [-0.39, 0.29) is 23.2 Å². The molecule has 9 nitrogen and oxygen atoms in total. The maximum Gasteiger partial charge on any atom is 0.293 e. The van der Waals surface area contributed by atoms with Crippen LogP contribution < -0.4 is 16.2 Å². The van der Waals surface area contributed by atoms with Gasteiger partial charge in [0.2, 0.25) is 0 Å². The number of nitrogens with one attached hydrogen (secondary N) is 2. The molecule has 3 aromatic carbocycles. The summed E-state index contributed by atoms with van der Waals surface area (Å²) >= 11 is 0. The molecular weight excluding hydrogens is 574 g/mol. The maximum atomic E-state index is 13.3. The Morgan fingerprint density at radius 3 is 2.43 bits per heavy atom. The molecule has 0 unspecified atom stereocenters. The van der Waals surface area contributed by atoms with Crippen molar-refractivity contribution in [1.29, 1.82) is 0 Å². The number of aromatic nitrogens is 2. The first-order valence-corrected chi connectivity index (χ1v) is 16.3. The number of amides is 2. The molecule has 0 atom stereocenters. The summed E-state index contributed by atoms with van der Waals surface area (Å²) in [7, 11) is 0.810. The van der Waals surface area contributed by atoms with Gasteiger partial charge in [0.25, 0.3) is 17.4 Å². The third-order valence-electron chi connectivity index (χ3n) is 7.85. The van der Waals surface area contributed by atoms with Gasteiger partial charge >= 0.3 is 0 Å². The van der Waals surface area contributed by atoms with Gasteiger partial charge in [-0.05, 0) is 67.3 Å². The average molecular weight is 612 g/mol. The second-order valence-corrected chi connectivity index (χ2v) is 12.6. The van der Waals surface area contributed by atoms with Crippen LogP contribution in [0, 0.1) is 6.92 Å². The Labute approximate surface area is 259 Å². The molecule has 0 saturated carbocycles. The quantitative estimate of drug-likeness (QED) is 0.266. The highest BCUT2D eigenvalue weighted by atomic mass is 32.2. The zero-order chi connectivity index (χ0) is 31.2. The minimum atomic E-state index is -0.857. The summed E-state index contributed by atoms with van der Waals surface area (Å²) in [6.07, 6.45) is 4.58. The van der Waals surface area contributed by atoms with Crippen LogP contribution in [0.3, 0.4) is 0 Å².